The largest absolute Gasteiger partial charge is 0.276 e. The van der Waals surface area contributed by atoms with Crippen LogP contribution >= 0.6 is 0 Å². The second kappa shape index (κ2) is 5.57. The molecule has 0 bridgehead atoms. The van der Waals surface area contributed by atoms with Crippen LogP contribution in [-0.4, -0.2) is 47.2 Å². The van der Waals surface area contributed by atoms with Gasteiger partial charge in [-0.05, 0) is 42.5 Å². The highest BCUT2D eigenvalue weighted by atomic mass is 32.2. The third-order valence-electron chi connectivity index (χ3n) is 3.84. The normalized spacial score (nSPS) is 20.0. The molecule has 1 aliphatic rings. The lowest BCUT2D eigenvalue weighted by Gasteiger charge is -2.13. The van der Waals surface area contributed by atoms with Crippen LogP contribution in [0.25, 0.3) is 11.4 Å². The number of aromatic amines is 1. The van der Waals surface area contributed by atoms with Crippen molar-refractivity contribution in [3.8, 4) is 11.4 Å². The summed E-state index contributed by atoms with van der Waals surface area (Å²) in [6.45, 7) is 1.24. The van der Waals surface area contributed by atoms with Crippen molar-refractivity contribution in [2.45, 2.75) is 12.8 Å². The molecule has 0 spiro atoms. The number of hydrogen-bond donors (Lipinski definition) is 1. The van der Waals surface area contributed by atoms with Crippen LogP contribution < -0.4 is 0 Å². The van der Waals surface area contributed by atoms with Gasteiger partial charge in [0.15, 0.2) is 0 Å². The van der Waals surface area contributed by atoms with E-state index in [1.165, 1.54) is 11.8 Å². The zero-order valence-electron chi connectivity index (χ0n) is 11.9. The maximum Gasteiger partial charge on any atom is 0.211 e. The first-order valence-corrected chi connectivity index (χ1v) is 8.77. The minimum absolute atomic E-state index is 0.372. The zero-order valence-corrected chi connectivity index (χ0v) is 12.7. The molecule has 1 aliphatic heterocycles. The highest BCUT2D eigenvalue weighted by Gasteiger charge is 2.28. The molecule has 0 amide bonds. The molecule has 0 aromatic carbocycles. The highest BCUT2D eigenvalue weighted by Crippen LogP contribution is 2.24. The van der Waals surface area contributed by atoms with E-state index >= 15 is 0 Å². The molecular formula is C14H18N4O2S. The van der Waals surface area contributed by atoms with Gasteiger partial charge in [-0.15, -0.1) is 0 Å². The molecule has 7 heteroatoms. The third kappa shape index (κ3) is 3.30. The fourth-order valence-corrected chi connectivity index (χ4v) is 3.66. The first kappa shape index (κ1) is 14.2. The molecule has 0 aliphatic carbocycles. The Morgan fingerprint density at radius 2 is 2.24 bits per heavy atom. The summed E-state index contributed by atoms with van der Waals surface area (Å²) < 4.78 is 24.7. The van der Waals surface area contributed by atoms with Crippen molar-refractivity contribution in [1.82, 2.24) is 19.5 Å². The van der Waals surface area contributed by atoms with Crippen LogP contribution in [0.5, 0.6) is 0 Å². The van der Waals surface area contributed by atoms with Gasteiger partial charge >= 0.3 is 0 Å². The fourth-order valence-electron chi connectivity index (χ4n) is 2.75. The Bertz CT molecular complexity index is 712. The molecule has 2 aromatic rings. The Labute approximate surface area is 124 Å². The molecule has 0 saturated carbocycles. The lowest BCUT2D eigenvalue weighted by molar-refractivity contribution is 0.460. The van der Waals surface area contributed by atoms with Crippen LogP contribution in [0.4, 0.5) is 0 Å². The zero-order chi connectivity index (χ0) is 14.9. The average Bonchev–Trinajstić information content (AvgIpc) is 3.09. The molecule has 6 nitrogen and oxygen atoms in total. The van der Waals surface area contributed by atoms with E-state index in [1.54, 1.807) is 16.7 Å². The number of hydrogen-bond acceptors (Lipinski definition) is 4. The number of nitrogens with zero attached hydrogens (tertiary/aromatic N) is 3. The Kier molecular flexibility index (Phi) is 3.77. The molecule has 1 saturated heterocycles. The number of nitrogens with one attached hydrogen (secondary N) is 1. The molecule has 3 rings (SSSR count). The monoisotopic (exact) mass is 306 g/mol. The average molecular weight is 306 g/mol. The molecule has 112 valence electrons. The summed E-state index contributed by atoms with van der Waals surface area (Å²) in [6, 6.07) is 5.91. The van der Waals surface area contributed by atoms with Gasteiger partial charge in [-0.1, -0.05) is 0 Å². The van der Waals surface area contributed by atoms with E-state index in [9.17, 15) is 8.42 Å². The van der Waals surface area contributed by atoms with Crippen molar-refractivity contribution >= 4 is 10.0 Å². The molecule has 0 unspecified atom stereocenters. The Hall–Kier alpha value is -1.73. The SMILES string of the molecule is CS(=O)(=O)N1CC[C@@H](Cc2ccnc(-c3ccn[nH]3)c2)C1. The maximum absolute atomic E-state index is 11.5. The summed E-state index contributed by atoms with van der Waals surface area (Å²) in [5.74, 6) is 0.372. The van der Waals surface area contributed by atoms with Crippen molar-refractivity contribution in [3.63, 3.8) is 0 Å². The van der Waals surface area contributed by atoms with Gasteiger partial charge in [0.05, 0.1) is 17.6 Å². The number of aromatic nitrogens is 3. The van der Waals surface area contributed by atoms with Gasteiger partial charge in [0.2, 0.25) is 10.0 Å². The minimum atomic E-state index is -3.06. The molecule has 1 N–H and O–H groups in total. The Balaban J connectivity index is 1.71. The van der Waals surface area contributed by atoms with E-state index in [0.717, 1.165) is 24.2 Å². The Morgan fingerprint density at radius 1 is 1.38 bits per heavy atom. The second-order valence-electron chi connectivity index (χ2n) is 5.50. The lowest BCUT2D eigenvalue weighted by Crippen LogP contribution is -2.27. The molecular weight excluding hydrogens is 288 g/mol. The van der Waals surface area contributed by atoms with Gasteiger partial charge < -0.3 is 0 Å². The summed E-state index contributed by atoms with van der Waals surface area (Å²) in [5, 5.41) is 6.83. The van der Waals surface area contributed by atoms with E-state index in [2.05, 4.69) is 15.2 Å². The van der Waals surface area contributed by atoms with Gasteiger partial charge in [-0.25, -0.2) is 12.7 Å². The second-order valence-corrected chi connectivity index (χ2v) is 7.48. The molecule has 0 radical (unpaired) electrons. The molecule has 2 aromatic heterocycles. The molecule has 1 atom stereocenters. The van der Waals surface area contributed by atoms with E-state index in [-0.39, 0.29) is 0 Å². The van der Waals surface area contributed by atoms with Gasteiger partial charge in [0, 0.05) is 25.5 Å². The van der Waals surface area contributed by atoms with E-state index in [0.29, 0.717) is 19.0 Å². The lowest BCUT2D eigenvalue weighted by atomic mass is 9.99. The van der Waals surface area contributed by atoms with Gasteiger partial charge in [-0.2, -0.15) is 5.10 Å². The summed E-state index contributed by atoms with van der Waals surface area (Å²) in [6.07, 6.45) is 6.54. The summed E-state index contributed by atoms with van der Waals surface area (Å²) in [4.78, 5) is 4.33. The predicted molar refractivity (Wildman–Crippen MR) is 80.0 cm³/mol. The van der Waals surface area contributed by atoms with Gasteiger partial charge in [0.25, 0.3) is 0 Å². The number of sulfonamides is 1. The topological polar surface area (TPSA) is 79.0 Å². The quantitative estimate of drug-likeness (QED) is 0.923. The van der Waals surface area contributed by atoms with Crippen LogP contribution in [0.15, 0.2) is 30.6 Å². The van der Waals surface area contributed by atoms with Gasteiger partial charge in [-0.3, -0.25) is 10.1 Å². The number of rotatable bonds is 4. The van der Waals surface area contributed by atoms with Crippen molar-refractivity contribution in [3.05, 3.63) is 36.2 Å². The van der Waals surface area contributed by atoms with E-state index < -0.39 is 10.0 Å². The summed E-state index contributed by atoms with van der Waals surface area (Å²) in [7, 11) is -3.06. The maximum atomic E-state index is 11.5. The molecule has 21 heavy (non-hydrogen) atoms. The fraction of sp³-hybridized carbons (Fsp3) is 0.429. The molecule has 1 fully saturated rings. The number of H-pyrrole nitrogens is 1. The van der Waals surface area contributed by atoms with E-state index in [1.807, 2.05) is 18.2 Å². The van der Waals surface area contributed by atoms with Crippen LogP contribution in [0.3, 0.4) is 0 Å². The highest BCUT2D eigenvalue weighted by molar-refractivity contribution is 7.88. The van der Waals surface area contributed by atoms with Gasteiger partial charge in [0.1, 0.15) is 0 Å². The van der Waals surface area contributed by atoms with Crippen LogP contribution in [0.1, 0.15) is 12.0 Å². The van der Waals surface area contributed by atoms with Crippen molar-refractivity contribution < 1.29 is 8.42 Å². The van der Waals surface area contributed by atoms with E-state index in [4.69, 9.17) is 0 Å². The first-order valence-electron chi connectivity index (χ1n) is 6.92. The smallest absolute Gasteiger partial charge is 0.211 e. The van der Waals surface area contributed by atoms with Crippen LogP contribution in [0.2, 0.25) is 0 Å². The summed E-state index contributed by atoms with van der Waals surface area (Å²) >= 11 is 0. The minimum Gasteiger partial charge on any atom is -0.276 e. The predicted octanol–water partition coefficient (Wildman–Crippen LogP) is 1.30. The van der Waals surface area contributed by atoms with Crippen LogP contribution in [-0.2, 0) is 16.4 Å². The van der Waals surface area contributed by atoms with Crippen molar-refractivity contribution in [1.29, 1.82) is 0 Å². The molecule has 3 heterocycles. The number of pyridine rings is 1. The standard InChI is InChI=1S/C14H18N4O2S/c1-21(19,20)18-7-4-12(10-18)8-11-2-5-15-14(9-11)13-3-6-16-17-13/h2-3,5-6,9,12H,4,7-8,10H2,1H3,(H,16,17)/t12-/m0/s1. The Morgan fingerprint density at radius 3 is 2.90 bits per heavy atom. The van der Waals surface area contributed by atoms with Crippen molar-refractivity contribution in [2.24, 2.45) is 5.92 Å². The van der Waals surface area contributed by atoms with Crippen molar-refractivity contribution in [2.75, 3.05) is 19.3 Å². The van der Waals surface area contributed by atoms with Crippen LogP contribution in [0, 0.1) is 5.92 Å². The first-order chi connectivity index (χ1) is 10.0. The summed E-state index contributed by atoms with van der Waals surface area (Å²) in [5.41, 5.74) is 2.93. The third-order valence-corrected chi connectivity index (χ3v) is 5.11.